The van der Waals surface area contributed by atoms with Crippen LogP contribution in [0.4, 0.5) is 4.79 Å². The summed E-state index contributed by atoms with van der Waals surface area (Å²) in [5, 5.41) is 4.86. The molecule has 0 bridgehead atoms. The lowest BCUT2D eigenvalue weighted by Crippen LogP contribution is -2.46. The topological polar surface area (TPSA) is 69.7 Å². The van der Waals surface area contributed by atoms with Crippen molar-refractivity contribution in [2.24, 2.45) is 5.92 Å². The molecule has 28 heavy (non-hydrogen) atoms. The van der Waals surface area contributed by atoms with Crippen LogP contribution in [0.5, 0.6) is 0 Å². The van der Waals surface area contributed by atoms with Crippen LogP contribution in [0.3, 0.4) is 0 Å². The van der Waals surface area contributed by atoms with Crippen molar-refractivity contribution in [3.8, 4) is 0 Å². The highest BCUT2D eigenvalue weighted by atomic mass is 16.2. The summed E-state index contributed by atoms with van der Waals surface area (Å²) in [4.78, 5) is 41.1. The molecule has 0 radical (unpaired) electrons. The predicted octanol–water partition coefficient (Wildman–Crippen LogP) is 2.87. The van der Waals surface area contributed by atoms with Crippen molar-refractivity contribution in [1.29, 1.82) is 0 Å². The molecule has 1 atom stereocenters. The molecule has 1 N–H and O–H groups in total. The molecule has 0 spiro atoms. The number of fused-ring (bicyclic) bond motifs is 1. The third-order valence-electron chi connectivity index (χ3n) is 6.03. The van der Waals surface area contributed by atoms with E-state index in [1.165, 1.54) is 0 Å². The molecule has 0 unspecified atom stereocenters. The van der Waals surface area contributed by atoms with E-state index in [4.69, 9.17) is 0 Å². The van der Waals surface area contributed by atoms with Crippen LogP contribution in [-0.2, 0) is 15.1 Å². The number of likely N-dealkylation sites (tertiary alicyclic amines) is 1. The maximum Gasteiger partial charge on any atom is 0.325 e. The van der Waals surface area contributed by atoms with Gasteiger partial charge in [0.2, 0.25) is 5.91 Å². The summed E-state index contributed by atoms with van der Waals surface area (Å²) < 4.78 is 0. The lowest BCUT2D eigenvalue weighted by molar-refractivity contribution is -0.139. The number of imide groups is 1. The number of urea groups is 1. The molecule has 2 heterocycles. The Morgan fingerprint density at radius 1 is 1.11 bits per heavy atom. The summed E-state index contributed by atoms with van der Waals surface area (Å²) in [5.41, 5.74) is -0.455. The summed E-state index contributed by atoms with van der Waals surface area (Å²) >= 11 is 0. The van der Waals surface area contributed by atoms with E-state index < -0.39 is 11.6 Å². The average molecular weight is 379 g/mol. The van der Waals surface area contributed by atoms with Crippen LogP contribution in [-0.4, -0.2) is 47.3 Å². The second-order valence-electron chi connectivity index (χ2n) is 8.07. The van der Waals surface area contributed by atoms with E-state index in [1.807, 2.05) is 42.5 Å². The van der Waals surface area contributed by atoms with Crippen molar-refractivity contribution >= 4 is 28.6 Å². The van der Waals surface area contributed by atoms with E-state index in [1.54, 1.807) is 11.8 Å². The first-order chi connectivity index (χ1) is 13.4. The second kappa shape index (κ2) is 6.93. The van der Waals surface area contributed by atoms with Gasteiger partial charge < -0.3 is 10.2 Å². The number of nitrogens with one attached hydrogen (secondary N) is 1. The van der Waals surface area contributed by atoms with Crippen LogP contribution in [0.15, 0.2) is 42.5 Å². The molecule has 2 fully saturated rings. The van der Waals surface area contributed by atoms with Crippen LogP contribution < -0.4 is 5.32 Å². The van der Waals surface area contributed by atoms with E-state index >= 15 is 0 Å². The van der Waals surface area contributed by atoms with Crippen molar-refractivity contribution in [2.45, 2.75) is 32.2 Å². The second-order valence-corrected chi connectivity index (χ2v) is 8.07. The van der Waals surface area contributed by atoms with Crippen LogP contribution in [0.25, 0.3) is 10.8 Å². The van der Waals surface area contributed by atoms with Crippen molar-refractivity contribution in [1.82, 2.24) is 15.1 Å². The van der Waals surface area contributed by atoms with Gasteiger partial charge in [-0.05, 0) is 48.1 Å². The van der Waals surface area contributed by atoms with Crippen molar-refractivity contribution in [3.05, 3.63) is 48.0 Å². The molecule has 2 saturated heterocycles. The lowest BCUT2D eigenvalue weighted by Gasteiger charge is -2.31. The fourth-order valence-corrected chi connectivity index (χ4v) is 4.03. The van der Waals surface area contributed by atoms with E-state index in [9.17, 15) is 14.4 Å². The Kier molecular flexibility index (Phi) is 4.57. The minimum Gasteiger partial charge on any atom is -0.341 e. The number of hydrogen-bond acceptors (Lipinski definition) is 3. The van der Waals surface area contributed by atoms with Crippen LogP contribution >= 0.6 is 0 Å². The third-order valence-corrected chi connectivity index (χ3v) is 6.03. The zero-order valence-corrected chi connectivity index (χ0v) is 16.3. The Morgan fingerprint density at radius 3 is 2.50 bits per heavy atom. The highest BCUT2D eigenvalue weighted by Crippen LogP contribution is 2.31. The van der Waals surface area contributed by atoms with Crippen LogP contribution in [0, 0.1) is 5.92 Å². The molecule has 4 rings (SSSR count). The Bertz CT molecular complexity index is 949. The molecule has 0 saturated carbocycles. The van der Waals surface area contributed by atoms with E-state index in [0.717, 1.165) is 28.5 Å². The molecular weight excluding hydrogens is 354 g/mol. The Morgan fingerprint density at radius 2 is 1.79 bits per heavy atom. The summed E-state index contributed by atoms with van der Waals surface area (Å²) in [7, 11) is 0. The first kappa shape index (κ1) is 18.5. The number of hydrogen-bond donors (Lipinski definition) is 1. The molecular formula is C22H25N3O3. The monoisotopic (exact) mass is 379 g/mol. The van der Waals surface area contributed by atoms with Gasteiger partial charge in [0.1, 0.15) is 12.1 Å². The summed E-state index contributed by atoms with van der Waals surface area (Å²) in [6.07, 6.45) is 1.92. The fourth-order valence-electron chi connectivity index (χ4n) is 4.03. The molecule has 2 aromatic rings. The van der Waals surface area contributed by atoms with Gasteiger partial charge >= 0.3 is 6.03 Å². The van der Waals surface area contributed by atoms with E-state index in [-0.39, 0.29) is 18.4 Å². The number of carbonyl (C=O) groups is 3. The standard InChI is InChI=1S/C22H25N3O3/c1-15-9-11-24(12-10-15)19(26)14-25-20(27)22(2,23-21(25)28)18-8-7-16-5-3-4-6-17(16)13-18/h3-8,13,15H,9-12,14H2,1-2H3,(H,23,28)/t22-/m1/s1. The number of benzene rings is 2. The summed E-state index contributed by atoms with van der Waals surface area (Å²) in [6.45, 7) is 5.04. The van der Waals surface area contributed by atoms with Crippen LogP contribution in [0.1, 0.15) is 32.3 Å². The smallest absolute Gasteiger partial charge is 0.325 e. The molecule has 4 amide bonds. The zero-order valence-electron chi connectivity index (χ0n) is 16.3. The van der Waals surface area contributed by atoms with Gasteiger partial charge in [-0.1, -0.05) is 43.3 Å². The fraction of sp³-hybridized carbons (Fsp3) is 0.409. The maximum atomic E-state index is 13.1. The van der Waals surface area contributed by atoms with Gasteiger partial charge in [-0.2, -0.15) is 0 Å². The quantitative estimate of drug-likeness (QED) is 0.834. The SMILES string of the molecule is CC1CCN(C(=O)CN2C(=O)N[C@](C)(c3ccc4ccccc4c3)C2=O)CC1. The van der Waals surface area contributed by atoms with E-state index in [2.05, 4.69) is 12.2 Å². The van der Waals surface area contributed by atoms with Gasteiger partial charge in [0.15, 0.2) is 0 Å². The van der Waals surface area contributed by atoms with Gasteiger partial charge in [-0.3, -0.25) is 14.5 Å². The molecule has 2 aliphatic heterocycles. The third kappa shape index (κ3) is 3.13. The number of nitrogens with zero attached hydrogens (tertiary/aromatic N) is 2. The molecule has 2 aliphatic rings. The lowest BCUT2D eigenvalue weighted by atomic mass is 9.90. The Hall–Kier alpha value is -2.89. The molecule has 146 valence electrons. The molecule has 0 aliphatic carbocycles. The largest absolute Gasteiger partial charge is 0.341 e. The normalized spacial score (nSPS) is 23.4. The van der Waals surface area contributed by atoms with Crippen LogP contribution in [0.2, 0.25) is 0 Å². The summed E-state index contributed by atoms with van der Waals surface area (Å²) in [5.74, 6) is 0.0571. The van der Waals surface area contributed by atoms with Crippen molar-refractivity contribution in [2.75, 3.05) is 19.6 Å². The maximum absolute atomic E-state index is 13.1. The zero-order chi connectivity index (χ0) is 19.9. The van der Waals surface area contributed by atoms with Crippen molar-refractivity contribution < 1.29 is 14.4 Å². The molecule has 6 heteroatoms. The number of rotatable bonds is 3. The predicted molar refractivity (Wildman–Crippen MR) is 107 cm³/mol. The number of amides is 4. The summed E-state index contributed by atoms with van der Waals surface area (Å²) in [6, 6.07) is 13.1. The molecule has 0 aromatic heterocycles. The number of piperidine rings is 1. The first-order valence-corrected chi connectivity index (χ1v) is 9.79. The van der Waals surface area contributed by atoms with Gasteiger partial charge in [0.25, 0.3) is 5.91 Å². The Balaban J connectivity index is 1.54. The number of carbonyl (C=O) groups excluding carboxylic acids is 3. The van der Waals surface area contributed by atoms with Gasteiger partial charge in [0, 0.05) is 13.1 Å². The molecule has 2 aromatic carbocycles. The first-order valence-electron chi connectivity index (χ1n) is 9.79. The van der Waals surface area contributed by atoms with Crippen molar-refractivity contribution in [3.63, 3.8) is 0 Å². The van der Waals surface area contributed by atoms with E-state index in [0.29, 0.717) is 24.6 Å². The Labute approximate surface area is 164 Å². The van der Waals surface area contributed by atoms with Gasteiger partial charge in [-0.25, -0.2) is 4.79 Å². The average Bonchev–Trinajstić information content (AvgIpc) is 2.92. The highest BCUT2D eigenvalue weighted by molar-refractivity contribution is 6.09. The molecule has 6 nitrogen and oxygen atoms in total. The van der Waals surface area contributed by atoms with Gasteiger partial charge in [0.05, 0.1) is 0 Å². The minimum atomic E-state index is -1.17. The highest BCUT2D eigenvalue weighted by Gasteiger charge is 2.49. The van der Waals surface area contributed by atoms with Gasteiger partial charge in [-0.15, -0.1) is 0 Å². The minimum absolute atomic E-state index is 0.168.